The van der Waals surface area contributed by atoms with E-state index in [0.717, 1.165) is 9.91 Å². The van der Waals surface area contributed by atoms with Crippen molar-refractivity contribution in [2.24, 2.45) is 23.7 Å². The summed E-state index contributed by atoms with van der Waals surface area (Å²) in [5, 5.41) is 31.9. The number of ether oxygens (including phenoxy) is 2. The fourth-order valence-corrected chi connectivity index (χ4v) is 9.62. The largest absolute Gasteiger partial charge is 0.504 e. The van der Waals surface area contributed by atoms with Crippen LogP contribution in [0.2, 0.25) is 10.0 Å². The summed E-state index contributed by atoms with van der Waals surface area (Å²) in [4.78, 5) is 60.1. The van der Waals surface area contributed by atoms with Crippen molar-refractivity contribution in [3.05, 3.63) is 118 Å². The molecule has 0 spiro atoms. The minimum absolute atomic E-state index is 0.0318. The van der Waals surface area contributed by atoms with Crippen molar-refractivity contribution in [2.75, 3.05) is 24.5 Å². The molecule has 1 saturated carbocycles. The van der Waals surface area contributed by atoms with Gasteiger partial charge in [-0.3, -0.25) is 29.5 Å². The van der Waals surface area contributed by atoms with Gasteiger partial charge in [-0.15, -0.1) is 0 Å². The second-order valence-corrected chi connectivity index (χ2v) is 15.0. The number of allylic oxidation sites excluding steroid dienone is 2. The number of phenols is 1. The maximum atomic E-state index is 15.4. The Morgan fingerprint density at radius 2 is 1.62 bits per heavy atom. The number of methoxy groups -OCH3 is 2. The number of benzene rings is 4. The van der Waals surface area contributed by atoms with Gasteiger partial charge in [-0.1, -0.05) is 65.2 Å². The Balaban J connectivity index is 1.33. The lowest BCUT2D eigenvalue weighted by molar-refractivity contribution is -0.138. The summed E-state index contributed by atoms with van der Waals surface area (Å²) >= 11 is 12.7. The fourth-order valence-electron chi connectivity index (χ4n) is 9.17. The van der Waals surface area contributed by atoms with E-state index in [1.54, 1.807) is 54.6 Å². The molecule has 2 saturated heterocycles. The van der Waals surface area contributed by atoms with Crippen LogP contribution in [0.25, 0.3) is 0 Å². The van der Waals surface area contributed by atoms with Crippen molar-refractivity contribution >= 4 is 70.8 Å². The van der Waals surface area contributed by atoms with E-state index in [1.807, 2.05) is 6.08 Å². The molecule has 4 aliphatic rings. The molecule has 8 rings (SSSR count). The van der Waals surface area contributed by atoms with Crippen LogP contribution >= 0.6 is 23.2 Å². The smallest absolute Gasteiger partial charge is 0.488 e. The highest BCUT2D eigenvalue weighted by Gasteiger charge is 2.70. The Kier molecular flexibility index (Phi) is 9.16. The lowest BCUT2D eigenvalue weighted by atomic mass is 9.49. The molecule has 55 heavy (non-hydrogen) atoms. The van der Waals surface area contributed by atoms with Crippen LogP contribution in [-0.2, 0) is 24.6 Å². The lowest BCUT2D eigenvalue weighted by Crippen LogP contribution is -2.53. The van der Waals surface area contributed by atoms with E-state index >= 15 is 4.79 Å². The van der Waals surface area contributed by atoms with Gasteiger partial charge < -0.3 is 24.6 Å². The third kappa shape index (κ3) is 5.59. The first kappa shape index (κ1) is 36.6. The van der Waals surface area contributed by atoms with Gasteiger partial charge in [-0.05, 0) is 89.9 Å². The highest BCUT2D eigenvalue weighted by molar-refractivity contribution is 6.58. The standard InChI is InChI=1S/C40H34BCl2N3O9/c1-54-25-10-7-21(8-11-25)40-29(37(49)46(39(40)51)44-31-14-9-23(42)18-30(31)43)19-28-26(35(40)20-6-15-32(47)33(16-20)55-2)12-13-27-34(28)38(50)45(36(27)48)24-5-3-4-22(17-24)41(52)53/h3-12,14-18,27-29,34-35,44,47,52-53H,13,19H2,1-2H3. The Morgan fingerprint density at radius 3 is 2.31 bits per heavy atom. The molecule has 2 aliphatic heterocycles. The molecule has 2 heterocycles. The minimum Gasteiger partial charge on any atom is -0.504 e. The van der Waals surface area contributed by atoms with E-state index in [0.29, 0.717) is 27.5 Å². The number of phenolic OH excluding ortho intramolecular Hbond substituents is 1. The van der Waals surface area contributed by atoms with Gasteiger partial charge in [-0.25, -0.2) is 0 Å². The molecule has 280 valence electrons. The number of nitrogens with zero attached hydrogens (tertiary/aromatic N) is 2. The molecule has 0 radical (unpaired) electrons. The van der Waals surface area contributed by atoms with E-state index in [2.05, 4.69) is 5.43 Å². The highest BCUT2D eigenvalue weighted by Crippen LogP contribution is 2.64. The number of anilines is 2. The molecule has 2 aliphatic carbocycles. The number of nitrogens with one attached hydrogen (secondary N) is 1. The number of carbonyl (C=O) groups excluding carboxylic acids is 4. The number of hydrazine groups is 1. The first-order valence-corrected chi connectivity index (χ1v) is 18.3. The summed E-state index contributed by atoms with van der Waals surface area (Å²) in [5.74, 6) is -5.87. The highest BCUT2D eigenvalue weighted by atomic mass is 35.5. The molecule has 3 fully saturated rings. The van der Waals surface area contributed by atoms with E-state index in [1.165, 1.54) is 44.6 Å². The average Bonchev–Trinajstić information content (AvgIpc) is 3.56. The number of rotatable bonds is 8. The van der Waals surface area contributed by atoms with Gasteiger partial charge >= 0.3 is 7.12 Å². The summed E-state index contributed by atoms with van der Waals surface area (Å²) in [7, 11) is 1.11. The summed E-state index contributed by atoms with van der Waals surface area (Å²) in [6, 6.07) is 22.3. The number of halogens is 2. The topological polar surface area (TPSA) is 166 Å². The molecule has 0 bridgehead atoms. The summed E-state index contributed by atoms with van der Waals surface area (Å²) in [6.45, 7) is 0. The first-order chi connectivity index (χ1) is 26.4. The van der Waals surface area contributed by atoms with Crippen LogP contribution in [0.5, 0.6) is 17.2 Å². The van der Waals surface area contributed by atoms with Crippen molar-refractivity contribution in [3.63, 3.8) is 0 Å². The number of imide groups is 2. The van der Waals surface area contributed by atoms with Gasteiger partial charge in [0.25, 0.3) is 11.8 Å². The second-order valence-electron chi connectivity index (χ2n) is 14.1. The zero-order chi connectivity index (χ0) is 38.9. The summed E-state index contributed by atoms with van der Waals surface area (Å²) in [6.07, 6.45) is 2.10. The monoisotopic (exact) mass is 781 g/mol. The van der Waals surface area contributed by atoms with Crippen molar-refractivity contribution in [2.45, 2.75) is 24.2 Å². The third-order valence-corrected chi connectivity index (χ3v) is 12.1. The maximum absolute atomic E-state index is 15.4. The summed E-state index contributed by atoms with van der Waals surface area (Å²) in [5.41, 5.74) is 3.66. The Morgan fingerprint density at radius 1 is 0.855 bits per heavy atom. The second kappa shape index (κ2) is 13.8. The molecule has 4 aromatic rings. The van der Waals surface area contributed by atoms with Crippen molar-refractivity contribution in [1.29, 1.82) is 0 Å². The number of hydrogen-bond donors (Lipinski definition) is 4. The zero-order valence-corrected chi connectivity index (χ0v) is 31.0. The normalized spacial score (nSPS) is 25.6. The SMILES string of the molecule is COc1ccc(C23C(=O)N(Nc4ccc(Cl)cc4Cl)C(=O)C2CC2C(=CCC4C(=O)N(c5cccc(B(O)O)c5)C(=O)C42)C3c2ccc(O)c(OC)c2)cc1. The molecule has 4 N–H and O–H groups in total. The zero-order valence-electron chi connectivity index (χ0n) is 29.5. The molecule has 4 amide bonds. The third-order valence-electron chi connectivity index (χ3n) is 11.5. The lowest BCUT2D eigenvalue weighted by Gasteiger charge is -2.50. The van der Waals surface area contributed by atoms with Gasteiger partial charge in [0.1, 0.15) is 5.75 Å². The van der Waals surface area contributed by atoms with Gasteiger partial charge in [0, 0.05) is 10.9 Å². The van der Waals surface area contributed by atoms with Crippen LogP contribution in [0.1, 0.15) is 29.9 Å². The van der Waals surface area contributed by atoms with Crippen LogP contribution in [0, 0.1) is 23.7 Å². The quantitative estimate of drug-likeness (QED) is 0.113. The molecule has 6 atom stereocenters. The molecular weight excluding hydrogens is 748 g/mol. The van der Waals surface area contributed by atoms with Crippen molar-refractivity contribution < 1.29 is 43.8 Å². The number of fused-ring (bicyclic) bond motifs is 4. The van der Waals surface area contributed by atoms with E-state index in [-0.39, 0.29) is 46.2 Å². The predicted molar refractivity (Wildman–Crippen MR) is 204 cm³/mol. The molecule has 4 aromatic carbocycles. The number of hydrogen-bond acceptors (Lipinski definition) is 10. The average molecular weight is 782 g/mol. The van der Waals surface area contributed by atoms with Gasteiger partial charge in [-0.2, -0.15) is 5.01 Å². The van der Waals surface area contributed by atoms with Crippen molar-refractivity contribution in [1.82, 2.24) is 5.01 Å². The van der Waals surface area contributed by atoms with Crippen LogP contribution < -0.4 is 25.3 Å². The molecular formula is C40H34BCl2N3O9. The van der Waals surface area contributed by atoms with Gasteiger partial charge in [0.15, 0.2) is 11.5 Å². The van der Waals surface area contributed by atoms with Gasteiger partial charge in [0.05, 0.1) is 53.8 Å². The predicted octanol–water partition coefficient (Wildman–Crippen LogP) is 4.59. The summed E-state index contributed by atoms with van der Waals surface area (Å²) < 4.78 is 11.0. The molecule has 6 unspecified atom stereocenters. The van der Waals surface area contributed by atoms with Crippen LogP contribution in [0.4, 0.5) is 11.4 Å². The number of aromatic hydroxyl groups is 1. The molecule has 15 heteroatoms. The Bertz CT molecular complexity index is 2300. The fraction of sp³-hybridized carbons (Fsp3) is 0.250. The van der Waals surface area contributed by atoms with E-state index in [9.17, 15) is 29.5 Å². The molecule has 12 nitrogen and oxygen atoms in total. The van der Waals surface area contributed by atoms with Gasteiger partial charge in [0.2, 0.25) is 11.8 Å². The Hall–Kier alpha value is -5.34. The van der Waals surface area contributed by atoms with Crippen molar-refractivity contribution in [3.8, 4) is 17.2 Å². The maximum Gasteiger partial charge on any atom is 0.488 e. The first-order valence-electron chi connectivity index (χ1n) is 17.6. The van der Waals surface area contributed by atoms with Crippen LogP contribution in [0.3, 0.4) is 0 Å². The number of carbonyl (C=O) groups is 4. The minimum atomic E-state index is -1.82. The Labute approximate surface area is 326 Å². The van der Waals surface area contributed by atoms with Crippen LogP contribution in [0.15, 0.2) is 96.6 Å². The number of amides is 4. The van der Waals surface area contributed by atoms with E-state index in [4.69, 9.17) is 32.7 Å². The van der Waals surface area contributed by atoms with E-state index < -0.39 is 65.8 Å². The molecule has 0 aromatic heterocycles. The van der Waals surface area contributed by atoms with Crippen LogP contribution in [-0.4, -0.2) is 65.1 Å².